The number of benzene rings is 1. The Morgan fingerprint density at radius 2 is 2.04 bits per heavy atom. The van der Waals surface area contributed by atoms with Gasteiger partial charge < -0.3 is 14.1 Å². The number of carbonyl (C=O) groups excluding carboxylic acids is 1. The topological polar surface area (TPSA) is 73.4 Å². The van der Waals surface area contributed by atoms with Crippen molar-refractivity contribution in [2.24, 2.45) is 0 Å². The van der Waals surface area contributed by atoms with Crippen molar-refractivity contribution in [3.63, 3.8) is 0 Å². The Bertz CT molecular complexity index is 849. The van der Waals surface area contributed by atoms with Crippen molar-refractivity contribution in [3.8, 4) is 17.3 Å². The van der Waals surface area contributed by atoms with Crippen molar-refractivity contribution in [2.45, 2.75) is 18.6 Å². The summed E-state index contributed by atoms with van der Waals surface area (Å²) in [7, 11) is 1.77. The molecule has 0 unspecified atom stereocenters. The molecule has 0 spiro atoms. The maximum Gasteiger partial charge on any atom is 0.232 e. The van der Waals surface area contributed by atoms with Crippen LogP contribution in [0.3, 0.4) is 0 Å². The number of likely N-dealkylation sites (N-methyl/N-ethyl adjacent to an activating group) is 1. The minimum absolute atomic E-state index is 0.0156. The van der Waals surface area contributed by atoms with Crippen molar-refractivity contribution >= 4 is 17.7 Å². The van der Waals surface area contributed by atoms with Crippen molar-refractivity contribution in [3.05, 3.63) is 48.7 Å². The average Bonchev–Trinajstić information content (AvgIpc) is 3.35. The van der Waals surface area contributed by atoms with Crippen LogP contribution in [-0.2, 0) is 11.3 Å². The number of hydrogen-bond acceptors (Lipinski definition) is 6. The molecule has 0 N–H and O–H groups in total. The summed E-state index contributed by atoms with van der Waals surface area (Å²) in [5.74, 6) is 2.44. The molecule has 7 nitrogen and oxygen atoms in total. The van der Waals surface area contributed by atoms with Gasteiger partial charge in [-0.05, 0) is 31.2 Å². The third-order valence-corrected chi connectivity index (χ3v) is 4.92. The summed E-state index contributed by atoms with van der Waals surface area (Å²) < 4.78 is 13.0. The lowest BCUT2D eigenvalue weighted by Gasteiger charge is -2.17. The zero-order chi connectivity index (χ0) is 19.1. The highest BCUT2D eigenvalue weighted by atomic mass is 32.2. The molecule has 2 aromatic heterocycles. The summed E-state index contributed by atoms with van der Waals surface area (Å²) in [6.45, 7) is 3.67. The van der Waals surface area contributed by atoms with Crippen molar-refractivity contribution in [1.29, 1.82) is 0 Å². The molecule has 27 heavy (non-hydrogen) atoms. The highest BCUT2D eigenvalue weighted by Gasteiger charge is 2.17. The maximum atomic E-state index is 12.4. The molecule has 0 atom stereocenters. The number of carbonyl (C=O) groups is 1. The zero-order valence-corrected chi connectivity index (χ0v) is 16.2. The number of nitrogens with zero attached hydrogens (tertiary/aromatic N) is 4. The number of aromatic nitrogens is 3. The van der Waals surface area contributed by atoms with Crippen molar-refractivity contribution in [2.75, 3.05) is 26.0 Å². The van der Waals surface area contributed by atoms with E-state index in [1.807, 2.05) is 54.0 Å². The summed E-state index contributed by atoms with van der Waals surface area (Å²) in [4.78, 5) is 14.0. The zero-order valence-electron chi connectivity index (χ0n) is 15.4. The van der Waals surface area contributed by atoms with Crippen LogP contribution in [0.15, 0.2) is 58.3 Å². The molecular weight excluding hydrogens is 364 g/mol. The van der Waals surface area contributed by atoms with E-state index in [-0.39, 0.29) is 11.7 Å². The highest BCUT2D eigenvalue weighted by molar-refractivity contribution is 7.99. The molecule has 1 aromatic carbocycles. The van der Waals surface area contributed by atoms with Gasteiger partial charge in [-0.3, -0.25) is 9.36 Å². The number of thioether (sulfide) groups is 1. The molecule has 2 heterocycles. The number of rotatable bonds is 9. The number of para-hydroxylation sites is 1. The fourth-order valence-corrected chi connectivity index (χ4v) is 3.39. The van der Waals surface area contributed by atoms with Gasteiger partial charge in [0.25, 0.3) is 0 Å². The van der Waals surface area contributed by atoms with Crippen LogP contribution < -0.4 is 4.74 Å². The predicted octanol–water partition coefficient (Wildman–Crippen LogP) is 3.19. The van der Waals surface area contributed by atoms with Gasteiger partial charge >= 0.3 is 0 Å². The SMILES string of the molecule is CCn1c(SCC(=O)N(C)CCOc2ccccc2)nnc1-c1ccco1. The van der Waals surface area contributed by atoms with Crippen LogP contribution in [0.25, 0.3) is 11.6 Å². The van der Waals surface area contributed by atoms with Crippen molar-refractivity contribution < 1.29 is 13.9 Å². The van der Waals surface area contributed by atoms with Gasteiger partial charge in [0.05, 0.1) is 18.6 Å². The van der Waals surface area contributed by atoms with Gasteiger partial charge in [0.2, 0.25) is 5.91 Å². The number of hydrogen-bond donors (Lipinski definition) is 0. The minimum Gasteiger partial charge on any atom is -0.492 e. The molecule has 0 bridgehead atoms. The first kappa shape index (κ1) is 19.0. The Hall–Kier alpha value is -2.74. The Morgan fingerprint density at radius 3 is 2.74 bits per heavy atom. The molecule has 3 rings (SSSR count). The van der Waals surface area contributed by atoms with Crippen molar-refractivity contribution in [1.82, 2.24) is 19.7 Å². The molecule has 1 amide bonds. The fourth-order valence-electron chi connectivity index (χ4n) is 2.45. The van der Waals surface area contributed by atoms with Gasteiger partial charge in [-0.2, -0.15) is 0 Å². The average molecular weight is 386 g/mol. The monoisotopic (exact) mass is 386 g/mol. The normalized spacial score (nSPS) is 10.7. The van der Waals surface area contributed by atoms with Crippen LogP contribution in [0, 0.1) is 0 Å². The lowest BCUT2D eigenvalue weighted by molar-refractivity contribution is -0.127. The second-order valence-electron chi connectivity index (χ2n) is 5.79. The van der Waals surface area contributed by atoms with E-state index in [4.69, 9.17) is 9.15 Å². The molecule has 142 valence electrons. The first-order chi connectivity index (χ1) is 13.2. The first-order valence-corrected chi connectivity index (χ1v) is 9.69. The summed E-state index contributed by atoms with van der Waals surface area (Å²) in [6, 6.07) is 13.2. The van der Waals surface area contributed by atoms with Gasteiger partial charge in [0.15, 0.2) is 16.7 Å². The van der Waals surface area contributed by atoms with E-state index in [9.17, 15) is 4.79 Å². The van der Waals surface area contributed by atoms with Crippen LogP contribution in [0.5, 0.6) is 5.75 Å². The molecule has 8 heteroatoms. The van der Waals surface area contributed by atoms with Crippen LogP contribution in [0.1, 0.15) is 6.92 Å². The molecule has 0 saturated heterocycles. The second-order valence-corrected chi connectivity index (χ2v) is 6.74. The van der Waals surface area contributed by atoms with Gasteiger partial charge in [-0.1, -0.05) is 30.0 Å². The Labute approximate surface area is 162 Å². The van der Waals surface area contributed by atoms with E-state index in [1.165, 1.54) is 11.8 Å². The van der Waals surface area contributed by atoms with E-state index in [1.54, 1.807) is 18.2 Å². The molecule has 0 aliphatic heterocycles. The summed E-state index contributed by atoms with van der Waals surface area (Å²) >= 11 is 1.37. The summed E-state index contributed by atoms with van der Waals surface area (Å²) in [5.41, 5.74) is 0. The highest BCUT2D eigenvalue weighted by Crippen LogP contribution is 2.24. The second kappa shape index (κ2) is 9.27. The molecular formula is C19H22N4O3S. The molecule has 3 aromatic rings. The third-order valence-electron chi connectivity index (χ3n) is 3.96. The van der Waals surface area contributed by atoms with E-state index in [2.05, 4.69) is 10.2 Å². The quantitative estimate of drug-likeness (QED) is 0.526. The number of amides is 1. The molecule has 0 saturated carbocycles. The standard InChI is InChI=1S/C19H22N4O3S/c1-3-23-18(16-10-7-12-26-16)20-21-19(23)27-14-17(24)22(2)11-13-25-15-8-5-4-6-9-15/h4-10,12H,3,11,13-14H2,1-2H3. The molecule has 0 radical (unpaired) electrons. The van der Waals surface area contributed by atoms with Gasteiger partial charge in [0.1, 0.15) is 12.4 Å². The van der Waals surface area contributed by atoms with Gasteiger partial charge in [0, 0.05) is 13.6 Å². The first-order valence-electron chi connectivity index (χ1n) is 8.70. The Kier molecular flexibility index (Phi) is 6.54. The Morgan fingerprint density at radius 1 is 1.22 bits per heavy atom. The lowest BCUT2D eigenvalue weighted by Crippen LogP contribution is -2.32. The molecule has 0 aliphatic carbocycles. The van der Waals surface area contributed by atoms with Gasteiger partial charge in [-0.25, -0.2) is 0 Å². The summed E-state index contributed by atoms with van der Waals surface area (Å²) in [5, 5.41) is 9.09. The van der Waals surface area contributed by atoms with Gasteiger partial charge in [-0.15, -0.1) is 10.2 Å². The fraction of sp³-hybridized carbons (Fsp3) is 0.316. The lowest BCUT2D eigenvalue weighted by atomic mass is 10.3. The molecule has 0 fully saturated rings. The van der Waals surface area contributed by atoms with Crippen LogP contribution in [0.4, 0.5) is 0 Å². The number of ether oxygens (including phenoxy) is 1. The van der Waals surface area contributed by atoms with E-state index >= 15 is 0 Å². The maximum absolute atomic E-state index is 12.4. The van der Waals surface area contributed by atoms with E-state index in [0.29, 0.717) is 36.4 Å². The third kappa shape index (κ3) is 4.91. The summed E-state index contributed by atoms with van der Waals surface area (Å²) in [6.07, 6.45) is 1.60. The predicted molar refractivity (Wildman–Crippen MR) is 104 cm³/mol. The van der Waals surface area contributed by atoms with Crippen LogP contribution in [0.2, 0.25) is 0 Å². The van der Waals surface area contributed by atoms with E-state index in [0.717, 1.165) is 5.75 Å². The Balaban J connectivity index is 1.50. The minimum atomic E-state index is 0.0156. The smallest absolute Gasteiger partial charge is 0.232 e. The molecule has 0 aliphatic rings. The van der Waals surface area contributed by atoms with Crippen LogP contribution >= 0.6 is 11.8 Å². The van der Waals surface area contributed by atoms with Crippen LogP contribution in [-0.4, -0.2) is 51.5 Å². The largest absolute Gasteiger partial charge is 0.492 e. The number of furan rings is 1. The van der Waals surface area contributed by atoms with E-state index < -0.39 is 0 Å².